The summed E-state index contributed by atoms with van der Waals surface area (Å²) in [6.07, 6.45) is 15.6. The number of ether oxygens (including phenoxy) is 3. The van der Waals surface area contributed by atoms with Crippen LogP contribution in [0.3, 0.4) is 0 Å². The molecular formula is C33H49NO6. The van der Waals surface area contributed by atoms with Gasteiger partial charge in [0.1, 0.15) is 16.9 Å². The molecule has 0 aliphatic heterocycles. The second kappa shape index (κ2) is 18.3. The van der Waals surface area contributed by atoms with Crippen LogP contribution < -0.4 is 10.2 Å². The molecule has 7 nitrogen and oxygen atoms in total. The van der Waals surface area contributed by atoms with Gasteiger partial charge in [-0.1, -0.05) is 77.6 Å². The maximum atomic E-state index is 13.1. The third-order valence-corrected chi connectivity index (χ3v) is 7.17. The van der Waals surface area contributed by atoms with Crippen molar-refractivity contribution < 1.29 is 23.8 Å². The van der Waals surface area contributed by atoms with Crippen LogP contribution in [0.4, 0.5) is 0 Å². The van der Waals surface area contributed by atoms with E-state index in [2.05, 4.69) is 6.92 Å². The van der Waals surface area contributed by atoms with Crippen LogP contribution in [0.15, 0.2) is 29.1 Å². The zero-order valence-corrected chi connectivity index (χ0v) is 25.3. The zero-order valence-electron chi connectivity index (χ0n) is 25.3. The fourth-order valence-corrected chi connectivity index (χ4v) is 5.03. The summed E-state index contributed by atoms with van der Waals surface area (Å²) >= 11 is 0. The highest BCUT2D eigenvalue weighted by Gasteiger charge is 2.27. The Hall–Kier alpha value is -3.09. The summed E-state index contributed by atoms with van der Waals surface area (Å²) in [7, 11) is 0. The summed E-state index contributed by atoms with van der Waals surface area (Å²) in [5.41, 5.74) is 0.498. The average Bonchev–Trinajstić information content (AvgIpc) is 2.92. The Balaban J connectivity index is 1.96. The number of unbranched alkanes of at least 4 members (excludes halogenated alkanes) is 11. The number of aromatic nitrogens is 1. The molecule has 2 aromatic rings. The van der Waals surface area contributed by atoms with Gasteiger partial charge >= 0.3 is 11.9 Å². The summed E-state index contributed by atoms with van der Waals surface area (Å²) in [5, 5.41) is 0. The Kier molecular flexibility index (Phi) is 15.1. The lowest BCUT2D eigenvalue weighted by molar-refractivity contribution is 0.0519. The monoisotopic (exact) mass is 555 g/mol. The minimum absolute atomic E-state index is 0.117. The first-order valence-corrected chi connectivity index (χ1v) is 15.2. The van der Waals surface area contributed by atoms with Crippen molar-refractivity contribution in [3.8, 4) is 11.4 Å². The SMILES string of the molecule is CCCCCCCCCCCCCCOc1ccc(-n2c(C)c(C(=O)OCC)c(=O)c(C(=O)OCC)c2C)cc1. The normalized spacial score (nSPS) is 10.9. The van der Waals surface area contributed by atoms with Gasteiger partial charge in [0.2, 0.25) is 5.43 Å². The van der Waals surface area contributed by atoms with E-state index >= 15 is 0 Å². The number of carbonyl (C=O) groups is 2. The van der Waals surface area contributed by atoms with Gasteiger partial charge < -0.3 is 18.8 Å². The Morgan fingerprint density at radius 3 is 1.50 bits per heavy atom. The van der Waals surface area contributed by atoms with Crippen LogP contribution in [0.5, 0.6) is 5.75 Å². The van der Waals surface area contributed by atoms with E-state index < -0.39 is 17.4 Å². The molecule has 1 aromatic heterocycles. The Labute approximate surface area is 240 Å². The fraction of sp³-hybridized carbons (Fsp3) is 0.606. The van der Waals surface area contributed by atoms with Gasteiger partial charge in [0.15, 0.2) is 0 Å². The zero-order chi connectivity index (χ0) is 29.3. The van der Waals surface area contributed by atoms with Gasteiger partial charge in [0, 0.05) is 17.1 Å². The third kappa shape index (κ3) is 9.83. The van der Waals surface area contributed by atoms with Crippen LogP contribution in [0, 0.1) is 13.8 Å². The molecule has 0 saturated heterocycles. The molecule has 0 amide bonds. The van der Waals surface area contributed by atoms with Crippen LogP contribution in [0.1, 0.15) is 130 Å². The Morgan fingerprint density at radius 2 is 1.07 bits per heavy atom. The van der Waals surface area contributed by atoms with E-state index in [1.54, 1.807) is 32.3 Å². The number of carbonyl (C=O) groups excluding carboxylic acids is 2. The predicted octanol–water partition coefficient (Wildman–Crippen LogP) is 7.89. The highest BCUT2D eigenvalue weighted by Crippen LogP contribution is 2.23. The van der Waals surface area contributed by atoms with E-state index in [0.29, 0.717) is 23.7 Å². The predicted molar refractivity (Wildman–Crippen MR) is 160 cm³/mol. The van der Waals surface area contributed by atoms with Gasteiger partial charge in [0.05, 0.1) is 19.8 Å². The van der Waals surface area contributed by atoms with E-state index in [9.17, 15) is 14.4 Å². The molecule has 0 fully saturated rings. The molecule has 1 heterocycles. The molecule has 40 heavy (non-hydrogen) atoms. The third-order valence-electron chi connectivity index (χ3n) is 7.17. The van der Waals surface area contributed by atoms with E-state index in [1.807, 2.05) is 24.3 Å². The summed E-state index contributed by atoms with van der Waals surface area (Å²) in [6.45, 7) is 9.84. The van der Waals surface area contributed by atoms with Crippen LogP contribution >= 0.6 is 0 Å². The minimum Gasteiger partial charge on any atom is -0.494 e. The average molecular weight is 556 g/mol. The molecule has 0 radical (unpaired) electrons. The standard InChI is InChI=1S/C33H49NO6/c1-6-9-10-11-12-13-14-15-16-17-18-19-24-40-28-22-20-27(21-23-28)34-25(4)29(32(36)38-7-2)31(35)30(26(34)5)33(37)39-8-3/h20-23H,6-19,24H2,1-5H3. The summed E-state index contributed by atoms with van der Waals surface area (Å²) in [4.78, 5) is 38.5. The van der Waals surface area contributed by atoms with Crippen molar-refractivity contribution in [1.82, 2.24) is 4.57 Å². The van der Waals surface area contributed by atoms with Crippen LogP contribution in [0.25, 0.3) is 5.69 Å². The molecule has 7 heteroatoms. The van der Waals surface area contributed by atoms with Gasteiger partial charge in [0.25, 0.3) is 0 Å². The lowest BCUT2D eigenvalue weighted by atomic mass is 10.0. The first-order chi connectivity index (χ1) is 19.4. The van der Waals surface area contributed by atoms with E-state index in [0.717, 1.165) is 18.6 Å². The fourth-order valence-electron chi connectivity index (χ4n) is 5.03. The maximum absolute atomic E-state index is 13.1. The molecule has 0 atom stereocenters. The minimum atomic E-state index is -0.758. The molecule has 0 saturated carbocycles. The number of esters is 2. The van der Waals surface area contributed by atoms with Crippen molar-refractivity contribution in [2.75, 3.05) is 19.8 Å². The smallest absolute Gasteiger partial charge is 0.343 e. The molecule has 2 rings (SSSR count). The number of pyridine rings is 1. The number of hydrogen-bond acceptors (Lipinski definition) is 6. The van der Waals surface area contributed by atoms with Crippen molar-refractivity contribution in [3.05, 3.63) is 57.0 Å². The number of hydrogen-bond donors (Lipinski definition) is 0. The Morgan fingerprint density at radius 1 is 0.650 bits per heavy atom. The van der Waals surface area contributed by atoms with Crippen molar-refractivity contribution >= 4 is 11.9 Å². The topological polar surface area (TPSA) is 83.8 Å². The van der Waals surface area contributed by atoms with Crippen molar-refractivity contribution in [3.63, 3.8) is 0 Å². The molecule has 0 N–H and O–H groups in total. The van der Waals surface area contributed by atoms with Gasteiger partial charge in [-0.05, 0) is 58.4 Å². The molecule has 0 unspecified atom stereocenters. The lowest BCUT2D eigenvalue weighted by Crippen LogP contribution is -2.31. The van der Waals surface area contributed by atoms with Crippen LogP contribution in [-0.2, 0) is 9.47 Å². The largest absolute Gasteiger partial charge is 0.494 e. The summed E-state index contributed by atoms with van der Waals surface area (Å²) in [5.74, 6) is -0.766. The van der Waals surface area contributed by atoms with Crippen molar-refractivity contribution in [2.24, 2.45) is 0 Å². The first-order valence-electron chi connectivity index (χ1n) is 15.2. The molecule has 0 bridgehead atoms. The number of rotatable bonds is 19. The summed E-state index contributed by atoms with van der Waals surface area (Å²) in [6, 6.07) is 7.43. The second-order valence-corrected chi connectivity index (χ2v) is 10.3. The lowest BCUT2D eigenvalue weighted by Gasteiger charge is -2.20. The molecule has 222 valence electrons. The van der Waals surface area contributed by atoms with Gasteiger partial charge in [-0.15, -0.1) is 0 Å². The quantitative estimate of drug-likeness (QED) is 0.129. The van der Waals surface area contributed by atoms with E-state index in [1.165, 1.54) is 64.2 Å². The number of nitrogens with zero attached hydrogens (tertiary/aromatic N) is 1. The first kappa shape index (κ1) is 33.1. The summed E-state index contributed by atoms with van der Waals surface area (Å²) < 4.78 is 17.9. The highest BCUT2D eigenvalue weighted by atomic mass is 16.5. The van der Waals surface area contributed by atoms with Crippen LogP contribution in [-0.4, -0.2) is 36.3 Å². The highest BCUT2D eigenvalue weighted by molar-refractivity contribution is 5.96. The number of benzene rings is 1. The van der Waals surface area contributed by atoms with Crippen molar-refractivity contribution in [1.29, 1.82) is 0 Å². The maximum Gasteiger partial charge on any atom is 0.343 e. The molecule has 0 aliphatic rings. The van der Waals surface area contributed by atoms with Gasteiger partial charge in [-0.2, -0.15) is 0 Å². The molecule has 1 aromatic carbocycles. The van der Waals surface area contributed by atoms with Crippen molar-refractivity contribution in [2.45, 2.75) is 112 Å². The van der Waals surface area contributed by atoms with Gasteiger partial charge in [-0.3, -0.25) is 4.79 Å². The van der Waals surface area contributed by atoms with E-state index in [-0.39, 0.29) is 24.3 Å². The van der Waals surface area contributed by atoms with E-state index in [4.69, 9.17) is 14.2 Å². The second-order valence-electron chi connectivity index (χ2n) is 10.3. The van der Waals surface area contributed by atoms with Crippen LogP contribution in [0.2, 0.25) is 0 Å². The Bertz CT molecular complexity index is 1070. The molecular weight excluding hydrogens is 506 g/mol. The van der Waals surface area contributed by atoms with Gasteiger partial charge in [-0.25, -0.2) is 9.59 Å². The molecule has 0 aliphatic carbocycles. The molecule has 0 spiro atoms.